The largest absolute Gasteiger partial charge is 0.396 e. The highest BCUT2D eigenvalue weighted by Crippen LogP contribution is 2.64. The second-order valence-electron chi connectivity index (χ2n) is 9.23. The first-order valence-electron chi connectivity index (χ1n) is 11.6. The molecule has 1 aliphatic carbocycles. The molecule has 8 heteroatoms. The summed E-state index contributed by atoms with van der Waals surface area (Å²) in [6.45, 7) is 0.565. The molecular weight excluding hydrogens is 472 g/mol. The van der Waals surface area contributed by atoms with Gasteiger partial charge in [0.05, 0.1) is 10.6 Å². The van der Waals surface area contributed by atoms with Crippen LogP contribution in [0.25, 0.3) is 11.1 Å². The Morgan fingerprint density at radius 2 is 1.91 bits per heavy atom. The van der Waals surface area contributed by atoms with Crippen molar-refractivity contribution in [3.63, 3.8) is 0 Å². The van der Waals surface area contributed by atoms with Gasteiger partial charge in [0, 0.05) is 48.0 Å². The SMILES string of the molecule is NCCN1c2cc(F)c(Cl)c(-c3c(C(N)=O)ccc(CCO)c3F)c2CC12CC2c1ccccc1. The molecule has 5 nitrogen and oxygen atoms in total. The van der Waals surface area contributed by atoms with Crippen molar-refractivity contribution < 1.29 is 18.7 Å². The summed E-state index contributed by atoms with van der Waals surface area (Å²) in [5.41, 5.74) is 13.8. The smallest absolute Gasteiger partial charge is 0.249 e. The summed E-state index contributed by atoms with van der Waals surface area (Å²) in [5, 5.41) is 9.13. The molecule has 1 fully saturated rings. The molecule has 5 N–H and O–H groups in total. The Kier molecular flexibility index (Phi) is 6.03. The third kappa shape index (κ3) is 3.69. The summed E-state index contributed by atoms with van der Waals surface area (Å²) in [4.78, 5) is 14.4. The van der Waals surface area contributed by atoms with Crippen molar-refractivity contribution in [3.05, 3.63) is 87.4 Å². The molecule has 1 amide bonds. The highest BCUT2D eigenvalue weighted by atomic mass is 35.5. The van der Waals surface area contributed by atoms with Crippen LogP contribution >= 0.6 is 11.6 Å². The standard InChI is InChI=1S/C27H26ClF2N3O2/c28-24-20(29)12-21-18(22(24)23-17(26(32)35)7-6-16(8-11-34)25(23)30)13-27(33(21)10-9-31)14-19(27)15-4-2-1-3-5-15/h1-7,12,19,34H,8-11,13-14,31H2,(H2,32,35). The van der Waals surface area contributed by atoms with Crippen LogP contribution in [0.3, 0.4) is 0 Å². The van der Waals surface area contributed by atoms with Gasteiger partial charge in [0.15, 0.2) is 0 Å². The quantitative estimate of drug-likeness (QED) is 0.457. The Bertz CT molecular complexity index is 1320. The fraction of sp³-hybridized carbons (Fsp3) is 0.296. The normalized spacial score (nSPS) is 20.4. The van der Waals surface area contributed by atoms with E-state index in [-0.39, 0.29) is 51.8 Å². The van der Waals surface area contributed by atoms with Crippen molar-refractivity contribution in [2.45, 2.75) is 30.7 Å². The third-order valence-electron chi connectivity index (χ3n) is 7.33. The molecular formula is C27H26ClF2N3O2. The van der Waals surface area contributed by atoms with Gasteiger partial charge in [0.1, 0.15) is 11.6 Å². The number of hydrogen-bond donors (Lipinski definition) is 3. The van der Waals surface area contributed by atoms with Gasteiger partial charge in [-0.3, -0.25) is 4.79 Å². The Balaban J connectivity index is 1.73. The van der Waals surface area contributed by atoms with E-state index in [1.165, 1.54) is 23.8 Å². The summed E-state index contributed by atoms with van der Waals surface area (Å²) in [5.74, 6) is -2.09. The second-order valence-corrected chi connectivity index (χ2v) is 9.61. The third-order valence-corrected chi connectivity index (χ3v) is 7.70. The summed E-state index contributed by atoms with van der Waals surface area (Å²) in [7, 11) is 0. The maximum Gasteiger partial charge on any atom is 0.249 e. The number of halogens is 3. The van der Waals surface area contributed by atoms with E-state index in [9.17, 15) is 9.90 Å². The first kappa shape index (κ1) is 23.7. The zero-order valence-electron chi connectivity index (χ0n) is 19.0. The molecule has 3 aromatic carbocycles. The number of hydrogen-bond acceptors (Lipinski definition) is 4. The van der Waals surface area contributed by atoms with Crippen molar-refractivity contribution in [1.82, 2.24) is 0 Å². The van der Waals surface area contributed by atoms with Crippen LogP contribution in [0.2, 0.25) is 5.02 Å². The molecule has 182 valence electrons. The van der Waals surface area contributed by atoms with E-state index in [1.54, 1.807) is 0 Å². The molecule has 2 atom stereocenters. The number of primary amides is 1. The van der Waals surface area contributed by atoms with Gasteiger partial charge < -0.3 is 21.5 Å². The molecule has 0 saturated heterocycles. The van der Waals surface area contributed by atoms with Gasteiger partial charge >= 0.3 is 0 Å². The van der Waals surface area contributed by atoms with Gasteiger partial charge in [-0.2, -0.15) is 0 Å². The van der Waals surface area contributed by atoms with Crippen LogP contribution in [0, 0.1) is 11.6 Å². The van der Waals surface area contributed by atoms with Crippen LogP contribution in [-0.2, 0) is 12.8 Å². The van der Waals surface area contributed by atoms with Crippen molar-refractivity contribution in [2.24, 2.45) is 11.5 Å². The fourth-order valence-corrected chi connectivity index (χ4v) is 5.99. The van der Waals surface area contributed by atoms with Crippen LogP contribution in [-0.4, -0.2) is 36.2 Å². The number of aliphatic hydroxyl groups excluding tert-OH is 1. The van der Waals surface area contributed by atoms with E-state index in [4.69, 9.17) is 23.1 Å². The number of anilines is 1. The Labute approximate surface area is 207 Å². The molecule has 3 aromatic rings. The van der Waals surface area contributed by atoms with Gasteiger partial charge in [-0.1, -0.05) is 48.0 Å². The first-order chi connectivity index (χ1) is 16.8. The van der Waals surface area contributed by atoms with Crippen molar-refractivity contribution >= 4 is 23.2 Å². The van der Waals surface area contributed by atoms with Crippen LogP contribution in [0.15, 0.2) is 48.5 Å². The molecule has 5 rings (SSSR count). The number of nitrogens with zero attached hydrogens (tertiary/aromatic N) is 1. The molecule has 0 radical (unpaired) electrons. The number of benzene rings is 3. The van der Waals surface area contributed by atoms with E-state index in [1.807, 2.05) is 18.2 Å². The number of aliphatic hydroxyl groups is 1. The summed E-state index contributed by atoms with van der Waals surface area (Å²) in [6, 6.07) is 14.3. The lowest BCUT2D eigenvalue weighted by molar-refractivity contribution is 0.100. The van der Waals surface area contributed by atoms with Gasteiger partial charge in [0.2, 0.25) is 5.91 Å². The van der Waals surface area contributed by atoms with Gasteiger partial charge in [-0.05, 0) is 48.1 Å². The second kappa shape index (κ2) is 8.90. The van der Waals surface area contributed by atoms with Gasteiger partial charge in [-0.15, -0.1) is 0 Å². The lowest BCUT2D eigenvalue weighted by atomic mass is 9.89. The number of nitrogens with two attached hydrogens (primary N) is 2. The molecule has 2 aliphatic rings. The van der Waals surface area contributed by atoms with Crippen LogP contribution in [0.4, 0.5) is 14.5 Å². The molecule has 0 bridgehead atoms. The lowest BCUT2D eigenvalue weighted by Crippen LogP contribution is -2.39. The maximum absolute atomic E-state index is 15.8. The minimum atomic E-state index is -0.844. The summed E-state index contributed by atoms with van der Waals surface area (Å²) in [6.07, 6.45) is 1.37. The van der Waals surface area contributed by atoms with Crippen LogP contribution in [0.1, 0.15) is 39.4 Å². The zero-order chi connectivity index (χ0) is 24.9. The zero-order valence-corrected chi connectivity index (χ0v) is 19.8. The molecule has 2 unspecified atom stereocenters. The van der Waals surface area contributed by atoms with E-state index in [0.717, 1.165) is 6.42 Å². The van der Waals surface area contributed by atoms with E-state index in [2.05, 4.69) is 17.0 Å². The summed E-state index contributed by atoms with van der Waals surface area (Å²) < 4.78 is 31.1. The monoisotopic (exact) mass is 497 g/mol. The Morgan fingerprint density at radius 1 is 1.17 bits per heavy atom. The number of carbonyl (C=O) groups excluding carboxylic acids is 1. The summed E-state index contributed by atoms with van der Waals surface area (Å²) >= 11 is 6.49. The average Bonchev–Trinajstić information content (AvgIpc) is 3.49. The molecule has 1 aliphatic heterocycles. The topological polar surface area (TPSA) is 92.6 Å². The predicted octanol–water partition coefficient (Wildman–Crippen LogP) is 4.17. The number of carbonyl (C=O) groups is 1. The average molecular weight is 498 g/mol. The number of amides is 1. The fourth-order valence-electron chi connectivity index (χ4n) is 5.73. The minimum Gasteiger partial charge on any atom is -0.396 e. The maximum atomic E-state index is 15.8. The van der Waals surface area contributed by atoms with Crippen LogP contribution in [0.5, 0.6) is 0 Å². The predicted molar refractivity (Wildman–Crippen MR) is 133 cm³/mol. The highest BCUT2D eigenvalue weighted by Gasteiger charge is 2.62. The number of fused-ring (bicyclic) bond motifs is 1. The molecule has 1 spiro atoms. The van der Waals surface area contributed by atoms with Crippen molar-refractivity contribution in [3.8, 4) is 11.1 Å². The Hall–Kier alpha value is -3.00. The Morgan fingerprint density at radius 3 is 2.57 bits per heavy atom. The first-order valence-corrected chi connectivity index (χ1v) is 12.0. The molecule has 0 aromatic heterocycles. The van der Waals surface area contributed by atoms with E-state index >= 15 is 8.78 Å². The van der Waals surface area contributed by atoms with Crippen molar-refractivity contribution in [2.75, 3.05) is 24.6 Å². The van der Waals surface area contributed by atoms with Crippen LogP contribution < -0.4 is 16.4 Å². The van der Waals surface area contributed by atoms with E-state index < -0.39 is 17.5 Å². The number of rotatable bonds is 7. The van der Waals surface area contributed by atoms with Crippen molar-refractivity contribution in [1.29, 1.82) is 0 Å². The highest BCUT2D eigenvalue weighted by molar-refractivity contribution is 6.34. The van der Waals surface area contributed by atoms with Gasteiger partial charge in [-0.25, -0.2) is 8.78 Å². The van der Waals surface area contributed by atoms with Gasteiger partial charge in [0.25, 0.3) is 0 Å². The lowest BCUT2D eigenvalue weighted by Gasteiger charge is -2.28. The van der Waals surface area contributed by atoms with E-state index in [0.29, 0.717) is 30.8 Å². The molecule has 35 heavy (non-hydrogen) atoms. The minimum absolute atomic E-state index is 0.0340. The molecule has 1 saturated carbocycles. The molecule has 1 heterocycles.